The SMILES string of the molecule is CC(C)Cc1cccnc1.CC(C)Cc1cncc(C#N)c1. The van der Waals surface area contributed by atoms with E-state index in [1.807, 2.05) is 30.7 Å². The van der Waals surface area contributed by atoms with Crippen LogP contribution in [-0.4, -0.2) is 9.97 Å². The van der Waals surface area contributed by atoms with Crippen molar-refractivity contribution in [2.24, 2.45) is 11.8 Å². The van der Waals surface area contributed by atoms with E-state index in [2.05, 4.69) is 49.8 Å². The third kappa shape index (κ3) is 7.54. The van der Waals surface area contributed by atoms with Gasteiger partial charge in [-0.25, -0.2) is 0 Å². The Morgan fingerprint density at radius 1 is 0.955 bits per heavy atom. The first-order valence-electron chi connectivity index (χ1n) is 7.74. The Hall–Kier alpha value is -2.21. The highest BCUT2D eigenvalue weighted by Gasteiger charge is 1.98. The van der Waals surface area contributed by atoms with E-state index in [0.29, 0.717) is 11.5 Å². The molecule has 0 aromatic carbocycles. The summed E-state index contributed by atoms with van der Waals surface area (Å²) < 4.78 is 0. The lowest BCUT2D eigenvalue weighted by Gasteiger charge is -2.03. The molecule has 0 aliphatic carbocycles. The van der Waals surface area contributed by atoms with Crippen LogP contribution in [0.15, 0.2) is 43.0 Å². The fraction of sp³-hybridized carbons (Fsp3) is 0.421. The summed E-state index contributed by atoms with van der Waals surface area (Å²) in [4.78, 5) is 8.02. The van der Waals surface area contributed by atoms with Gasteiger partial charge in [0, 0.05) is 24.8 Å². The first-order valence-corrected chi connectivity index (χ1v) is 7.74. The summed E-state index contributed by atoms with van der Waals surface area (Å²) >= 11 is 0. The Bertz CT molecular complexity index is 583. The molecule has 0 saturated heterocycles. The smallest absolute Gasteiger partial charge is 0.101 e. The maximum absolute atomic E-state index is 8.61. The van der Waals surface area contributed by atoms with Crippen LogP contribution in [0.25, 0.3) is 0 Å². The summed E-state index contributed by atoms with van der Waals surface area (Å²) in [5, 5.41) is 8.61. The quantitative estimate of drug-likeness (QED) is 0.838. The van der Waals surface area contributed by atoms with E-state index in [4.69, 9.17) is 5.26 Å². The topological polar surface area (TPSA) is 49.6 Å². The van der Waals surface area contributed by atoms with Gasteiger partial charge in [0.1, 0.15) is 6.07 Å². The maximum Gasteiger partial charge on any atom is 0.101 e. The number of rotatable bonds is 4. The minimum Gasteiger partial charge on any atom is -0.264 e. The zero-order valence-electron chi connectivity index (χ0n) is 14.0. The lowest BCUT2D eigenvalue weighted by Crippen LogP contribution is -1.95. The van der Waals surface area contributed by atoms with Gasteiger partial charge in [0.25, 0.3) is 0 Å². The third-order valence-electron chi connectivity index (χ3n) is 2.93. The Balaban J connectivity index is 0.000000224. The van der Waals surface area contributed by atoms with Gasteiger partial charge in [0.05, 0.1) is 5.56 Å². The van der Waals surface area contributed by atoms with Gasteiger partial charge in [0.2, 0.25) is 0 Å². The van der Waals surface area contributed by atoms with Crippen molar-refractivity contribution in [2.45, 2.75) is 40.5 Å². The average Bonchev–Trinajstić information content (AvgIpc) is 2.48. The molecule has 0 unspecified atom stereocenters. The lowest BCUT2D eigenvalue weighted by atomic mass is 10.0. The molecule has 0 radical (unpaired) electrons. The number of aromatic nitrogens is 2. The van der Waals surface area contributed by atoms with Crippen molar-refractivity contribution in [1.29, 1.82) is 5.26 Å². The highest BCUT2D eigenvalue weighted by atomic mass is 14.6. The van der Waals surface area contributed by atoms with Crippen molar-refractivity contribution in [1.82, 2.24) is 9.97 Å². The second-order valence-electron chi connectivity index (χ2n) is 6.25. The predicted octanol–water partition coefficient (Wildman–Crippen LogP) is 4.43. The molecule has 2 aromatic rings. The van der Waals surface area contributed by atoms with E-state index < -0.39 is 0 Å². The molecule has 3 nitrogen and oxygen atoms in total. The Kier molecular flexibility index (Phi) is 7.85. The molecule has 0 aliphatic rings. The molecule has 0 saturated carbocycles. The molecule has 0 spiro atoms. The molecule has 0 atom stereocenters. The third-order valence-corrected chi connectivity index (χ3v) is 2.93. The van der Waals surface area contributed by atoms with Gasteiger partial charge in [0.15, 0.2) is 0 Å². The van der Waals surface area contributed by atoms with Crippen LogP contribution in [0.5, 0.6) is 0 Å². The van der Waals surface area contributed by atoms with Crippen molar-refractivity contribution in [3.05, 3.63) is 59.7 Å². The molecule has 0 aliphatic heterocycles. The number of nitrogens with zero attached hydrogens (tertiary/aromatic N) is 3. The van der Waals surface area contributed by atoms with Crippen LogP contribution in [0.4, 0.5) is 0 Å². The molecule has 0 amide bonds. The van der Waals surface area contributed by atoms with Gasteiger partial charge >= 0.3 is 0 Å². The van der Waals surface area contributed by atoms with Crippen LogP contribution < -0.4 is 0 Å². The van der Waals surface area contributed by atoms with Crippen LogP contribution in [0.2, 0.25) is 0 Å². The lowest BCUT2D eigenvalue weighted by molar-refractivity contribution is 0.645. The van der Waals surface area contributed by atoms with Gasteiger partial charge in [-0.15, -0.1) is 0 Å². The molecule has 0 fully saturated rings. The van der Waals surface area contributed by atoms with Gasteiger partial charge < -0.3 is 0 Å². The van der Waals surface area contributed by atoms with Crippen LogP contribution >= 0.6 is 0 Å². The van der Waals surface area contributed by atoms with Gasteiger partial charge in [-0.2, -0.15) is 5.26 Å². The molecule has 3 heteroatoms. The molecule has 116 valence electrons. The minimum absolute atomic E-state index is 0.612. The molecule has 0 bridgehead atoms. The zero-order chi connectivity index (χ0) is 16.4. The second kappa shape index (κ2) is 9.68. The first kappa shape index (κ1) is 17.8. The molecule has 2 aromatic heterocycles. The highest BCUT2D eigenvalue weighted by Crippen LogP contribution is 2.07. The standard InChI is InChI=1S/C10H12N2.C9H13N/c1-8(2)3-9-4-10(5-11)7-12-6-9;1-8(2)6-9-4-3-5-10-7-9/h4,6-8H,3H2,1-2H3;3-5,7-8H,6H2,1-2H3. The molecule has 0 N–H and O–H groups in total. The minimum atomic E-state index is 0.612. The molecular weight excluding hydrogens is 270 g/mol. The summed E-state index contributed by atoms with van der Waals surface area (Å²) in [6.45, 7) is 8.73. The van der Waals surface area contributed by atoms with Crippen LogP contribution in [-0.2, 0) is 12.8 Å². The monoisotopic (exact) mass is 295 g/mol. The highest BCUT2D eigenvalue weighted by molar-refractivity contribution is 5.29. The summed E-state index contributed by atoms with van der Waals surface area (Å²) in [5.41, 5.74) is 3.12. The number of hydrogen-bond donors (Lipinski definition) is 0. The van der Waals surface area contributed by atoms with Crippen LogP contribution in [0.3, 0.4) is 0 Å². The predicted molar refractivity (Wildman–Crippen MR) is 90.3 cm³/mol. The normalized spacial score (nSPS) is 10.0. The molecule has 2 rings (SSSR count). The van der Waals surface area contributed by atoms with E-state index in [0.717, 1.165) is 24.3 Å². The number of nitriles is 1. The molecule has 22 heavy (non-hydrogen) atoms. The summed E-state index contributed by atoms with van der Waals surface area (Å²) in [6.07, 6.45) is 9.27. The fourth-order valence-electron chi connectivity index (χ4n) is 2.12. The zero-order valence-corrected chi connectivity index (χ0v) is 14.0. The largest absolute Gasteiger partial charge is 0.264 e. The van der Waals surface area contributed by atoms with Crippen molar-refractivity contribution in [2.75, 3.05) is 0 Å². The second-order valence-corrected chi connectivity index (χ2v) is 6.25. The van der Waals surface area contributed by atoms with Gasteiger partial charge in [-0.05, 0) is 47.9 Å². The maximum atomic E-state index is 8.61. The van der Waals surface area contributed by atoms with Gasteiger partial charge in [-0.1, -0.05) is 33.8 Å². The average molecular weight is 295 g/mol. The molecule has 2 heterocycles. The van der Waals surface area contributed by atoms with Gasteiger partial charge in [-0.3, -0.25) is 9.97 Å². The van der Waals surface area contributed by atoms with E-state index >= 15 is 0 Å². The number of hydrogen-bond acceptors (Lipinski definition) is 3. The van der Waals surface area contributed by atoms with E-state index in [1.54, 1.807) is 6.20 Å². The van der Waals surface area contributed by atoms with Crippen molar-refractivity contribution in [3.63, 3.8) is 0 Å². The molecular formula is C19H25N3. The van der Waals surface area contributed by atoms with E-state index in [9.17, 15) is 0 Å². The number of pyridine rings is 2. The Morgan fingerprint density at radius 3 is 2.14 bits per heavy atom. The van der Waals surface area contributed by atoms with Crippen molar-refractivity contribution in [3.8, 4) is 6.07 Å². The van der Waals surface area contributed by atoms with Crippen molar-refractivity contribution >= 4 is 0 Å². The summed E-state index contributed by atoms with van der Waals surface area (Å²) in [7, 11) is 0. The first-order chi connectivity index (χ1) is 10.5. The van der Waals surface area contributed by atoms with Crippen LogP contribution in [0, 0.1) is 23.2 Å². The van der Waals surface area contributed by atoms with E-state index in [1.165, 1.54) is 5.56 Å². The summed E-state index contributed by atoms with van der Waals surface area (Å²) in [5.74, 6) is 1.34. The fourth-order valence-corrected chi connectivity index (χ4v) is 2.12. The van der Waals surface area contributed by atoms with E-state index in [-0.39, 0.29) is 0 Å². The Morgan fingerprint density at radius 2 is 1.59 bits per heavy atom. The van der Waals surface area contributed by atoms with Crippen LogP contribution in [0.1, 0.15) is 44.4 Å². The summed E-state index contributed by atoms with van der Waals surface area (Å²) in [6, 6.07) is 8.08. The van der Waals surface area contributed by atoms with Crippen molar-refractivity contribution < 1.29 is 0 Å². The Labute approximate surface area is 134 Å².